The third-order valence-electron chi connectivity index (χ3n) is 4.16. The molecule has 1 saturated heterocycles. The van der Waals surface area contributed by atoms with Gasteiger partial charge in [0.2, 0.25) is 0 Å². The Morgan fingerprint density at radius 3 is 2.57 bits per heavy atom. The van der Waals surface area contributed by atoms with E-state index < -0.39 is 5.54 Å². The van der Waals surface area contributed by atoms with Crippen molar-refractivity contribution >= 4 is 11.7 Å². The third-order valence-corrected chi connectivity index (χ3v) is 4.16. The van der Waals surface area contributed by atoms with Crippen molar-refractivity contribution < 1.29 is 13.9 Å². The molecule has 0 unspecified atom stereocenters. The maximum atomic E-state index is 13.5. The number of carbonyl (C=O) groups excluding carboxylic acids is 1. The molecule has 0 aromatic heterocycles. The summed E-state index contributed by atoms with van der Waals surface area (Å²) in [6.45, 7) is 6.56. The topological polar surface area (TPSA) is 41.6 Å². The van der Waals surface area contributed by atoms with Gasteiger partial charge < -0.3 is 15.0 Å². The van der Waals surface area contributed by atoms with E-state index in [0.717, 1.165) is 25.2 Å². The van der Waals surface area contributed by atoms with Crippen LogP contribution >= 0.6 is 0 Å². The number of esters is 1. The number of aryl methyl sites for hydroxylation is 1. The van der Waals surface area contributed by atoms with Crippen molar-refractivity contribution in [2.24, 2.45) is 0 Å². The first-order valence-electron chi connectivity index (χ1n) is 7.35. The average Bonchev–Trinajstić information content (AvgIpc) is 2.46. The van der Waals surface area contributed by atoms with Crippen LogP contribution in [-0.4, -0.2) is 43.2 Å². The van der Waals surface area contributed by atoms with Gasteiger partial charge in [-0.05, 0) is 50.1 Å². The molecule has 0 aliphatic carbocycles. The Bertz CT molecular complexity index is 491. The van der Waals surface area contributed by atoms with E-state index in [1.165, 1.54) is 19.2 Å². The number of halogens is 1. The summed E-state index contributed by atoms with van der Waals surface area (Å²) in [7, 11) is 1.40. The fourth-order valence-electron chi connectivity index (χ4n) is 2.91. The molecule has 2 rings (SSSR count). The molecule has 0 spiro atoms. The molecule has 1 fully saturated rings. The lowest BCUT2D eigenvalue weighted by molar-refractivity contribution is -0.147. The van der Waals surface area contributed by atoms with Gasteiger partial charge >= 0.3 is 5.97 Å². The summed E-state index contributed by atoms with van der Waals surface area (Å²) in [5.74, 6) is -0.580. The molecule has 4 nitrogen and oxygen atoms in total. The summed E-state index contributed by atoms with van der Waals surface area (Å²) in [5, 5.41) is 3.23. The van der Waals surface area contributed by atoms with E-state index in [1.807, 2.05) is 13.0 Å². The zero-order valence-electron chi connectivity index (χ0n) is 12.9. The summed E-state index contributed by atoms with van der Waals surface area (Å²) in [4.78, 5) is 14.6. The van der Waals surface area contributed by atoms with Gasteiger partial charge in [0.05, 0.1) is 7.11 Å². The fraction of sp³-hybridized carbons (Fsp3) is 0.562. The highest BCUT2D eigenvalue weighted by Crippen LogP contribution is 2.29. The van der Waals surface area contributed by atoms with Crippen molar-refractivity contribution in [3.8, 4) is 0 Å². The minimum absolute atomic E-state index is 0.278. The molecule has 21 heavy (non-hydrogen) atoms. The number of rotatable bonds is 4. The van der Waals surface area contributed by atoms with Gasteiger partial charge in [0.1, 0.15) is 11.4 Å². The second kappa shape index (κ2) is 6.43. The van der Waals surface area contributed by atoms with Crippen LogP contribution in [0.25, 0.3) is 0 Å². The molecule has 1 aliphatic heterocycles. The summed E-state index contributed by atoms with van der Waals surface area (Å²) in [6.07, 6.45) is 1.31. The Morgan fingerprint density at radius 1 is 1.38 bits per heavy atom. The molecule has 116 valence electrons. The minimum Gasteiger partial charge on any atom is -0.467 e. The second-order valence-corrected chi connectivity index (χ2v) is 5.65. The number of nitrogens with zero attached hydrogens (tertiary/aromatic N) is 1. The SMILES string of the molecule is CCN1CCC(Nc2cc(C)cc(F)c2)(C(=O)OC)CC1. The van der Waals surface area contributed by atoms with Crippen molar-refractivity contribution in [3.05, 3.63) is 29.6 Å². The normalized spacial score (nSPS) is 18.3. The second-order valence-electron chi connectivity index (χ2n) is 5.65. The zero-order valence-corrected chi connectivity index (χ0v) is 12.9. The number of hydrogen-bond acceptors (Lipinski definition) is 4. The van der Waals surface area contributed by atoms with Crippen molar-refractivity contribution in [1.82, 2.24) is 4.90 Å². The Morgan fingerprint density at radius 2 is 2.05 bits per heavy atom. The number of likely N-dealkylation sites (tertiary alicyclic amines) is 1. The molecule has 1 aromatic carbocycles. The lowest BCUT2D eigenvalue weighted by Gasteiger charge is -2.40. The van der Waals surface area contributed by atoms with E-state index in [2.05, 4.69) is 17.1 Å². The van der Waals surface area contributed by atoms with Crippen LogP contribution in [0.2, 0.25) is 0 Å². The molecule has 0 bridgehead atoms. The number of methoxy groups -OCH3 is 1. The lowest BCUT2D eigenvalue weighted by Crippen LogP contribution is -2.54. The van der Waals surface area contributed by atoms with E-state index in [1.54, 1.807) is 0 Å². The van der Waals surface area contributed by atoms with Crippen molar-refractivity contribution in [2.75, 3.05) is 32.1 Å². The number of hydrogen-bond donors (Lipinski definition) is 1. The van der Waals surface area contributed by atoms with Gasteiger partial charge in [-0.25, -0.2) is 9.18 Å². The average molecular weight is 294 g/mol. The van der Waals surface area contributed by atoms with Crippen molar-refractivity contribution in [2.45, 2.75) is 32.2 Å². The third kappa shape index (κ3) is 3.53. The zero-order chi connectivity index (χ0) is 15.5. The van der Waals surface area contributed by atoms with E-state index in [9.17, 15) is 9.18 Å². The first-order chi connectivity index (χ1) is 9.99. The number of piperidine rings is 1. The highest BCUT2D eigenvalue weighted by molar-refractivity contribution is 5.84. The summed E-state index contributed by atoms with van der Waals surface area (Å²) < 4.78 is 18.5. The number of benzene rings is 1. The Labute approximate surface area is 125 Å². The van der Waals surface area contributed by atoms with Gasteiger partial charge in [-0.1, -0.05) is 6.92 Å². The predicted octanol–water partition coefficient (Wildman–Crippen LogP) is 2.57. The van der Waals surface area contributed by atoms with Gasteiger partial charge in [-0.3, -0.25) is 0 Å². The van der Waals surface area contributed by atoms with Crippen LogP contribution in [0.4, 0.5) is 10.1 Å². The number of anilines is 1. The van der Waals surface area contributed by atoms with E-state index in [0.29, 0.717) is 18.5 Å². The van der Waals surface area contributed by atoms with Crippen LogP contribution in [0.5, 0.6) is 0 Å². The summed E-state index contributed by atoms with van der Waals surface area (Å²) in [5.41, 5.74) is 0.687. The van der Waals surface area contributed by atoms with Crippen LogP contribution in [0, 0.1) is 12.7 Å². The molecule has 1 heterocycles. The highest BCUT2D eigenvalue weighted by Gasteiger charge is 2.42. The number of nitrogens with one attached hydrogen (secondary N) is 1. The van der Waals surface area contributed by atoms with Gasteiger partial charge in [0.25, 0.3) is 0 Å². The van der Waals surface area contributed by atoms with Gasteiger partial charge in [-0.2, -0.15) is 0 Å². The lowest BCUT2D eigenvalue weighted by atomic mass is 9.87. The monoisotopic (exact) mass is 294 g/mol. The van der Waals surface area contributed by atoms with Gasteiger partial charge in [-0.15, -0.1) is 0 Å². The molecule has 0 amide bonds. The largest absolute Gasteiger partial charge is 0.467 e. The number of ether oxygens (including phenoxy) is 1. The van der Waals surface area contributed by atoms with E-state index >= 15 is 0 Å². The molecule has 0 atom stereocenters. The van der Waals surface area contributed by atoms with Crippen LogP contribution in [0.3, 0.4) is 0 Å². The van der Waals surface area contributed by atoms with Crippen LogP contribution in [-0.2, 0) is 9.53 Å². The number of carbonyl (C=O) groups is 1. The van der Waals surface area contributed by atoms with E-state index in [-0.39, 0.29) is 11.8 Å². The predicted molar refractivity (Wildman–Crippen MR) is 80.9 cm³/mol. The summed E-state index contributed by atoms with van der Waals surface area (Å²) >= 11 is 0. The molecule has 5 heteroatoms. The molecule has 1 aromatic rings. The van der Waals surface area contributed by atoms with Gasteiger partial charge in [0, 0.05) is 18.8 Å². The molecular formula is C16H23FN2O2. The highest BCUT2D eigenvalue weighted by atomic mass is 19.1. The molecule has 1 N–H and O–H groups in total. The first kappa shape index (κ1) is 15.8. The smallest absolute Gasteiger partial charge is 0.331 e. The van der Waals surface area contributed by atoms with Crippen LogP contribution in [0.1, 0.15) is 25.3 Å². The standard InChI is InChI=1S/C16H23FN2O2/c1-4-19-7-5-16(6-8-19,15(20)21-3)18-14-10-12(2)9-13(17)11-14/h9-11,18H,4-8H2,1-3H3. The van der Waals surface area contributed by atoms with E-state index in [4.69, 9.17) is 4.74 Å². The summed E-state index contributed by atoms with van der Waals surface area (Å²) in [6, 6.07) is 4.74. The molecule has 0 radical (unpaired) electrons. The Hall–Kier alpha value is -1.62. The van der Waals surface area contributed by atoms with Crippen LogP contribution in [0.15, 0.2) is 18.2 Å². The Balaban J connectivity index is 2.23. The maximum absolute atomic E-state index is 13.5. The Kier molecular flexibility index (Phi) is 4.83. The maximum Gasteiger partial charge on any atom is 0.331 e. The molecule has 1 aliphatic rings. The molecular weight excluding hydrogens is 271 g/mol. The van der Waals surface area contributed by atoms with Crippen molar-refractivity contribution in [1.29, 1.82) is 0 Å². The van der Waals surface area contributed by atoms with Gasteiger partial charge in [0.15, 0.2) is 0 Å². The quantitative estimate of drug-likeness (QED) is 0.867. The van der Waals surface area contributed by atoms with Crippen molar-refractivity contribution in [3.63, 3.8) is 0 Å². The minimum atomic E-state index is -0.763. The van der Waals surface area contributed by atoms with Crippen LogP contribution < -0.4 is 5.32 Å². The first-order valence-corrected chi connectivity index (χ1v) is 7.35. The molecule has 0 saturated carbocycles. The fourth-order valence-corrected chi connectivity index (χ4v) is 2.91.